The lowest BCUT2D eigenvalue weighted by Crippen LogP contribution is -2.35. The van der Waals surface area contributed by atoms with Crippen LogP contribution in [0.15, 0.2) is 22.7 Å². The molecular weight excluding hydrogens is 335 g/mol. The van der Waals surface area contributed by atoms with Crippen LogP contribution in [0.3, 0.4) is 0 Å². The lowest BCUT2D eigenvalue weighted by atomic mass is 10.1. The first-order chi connectivity index (χ1) is 8.52. The Labute approximate surface area is 126 Å². The number of hydrogen-bond donors (Lipinski definition) is 1. The number of nitrogens with zero attached hydrogens (tertiary/aromatic N) is 1. The summed E-state index contributed by atoms with van der Waals surface area (Å²) in [6.45, 7) is 3.15. The van der Waals surface area contributed by atoms with E-state index in [4.69, 9.17) is 5.73 Å². The molecule has 0 aromatic heterocycles. The molecule has 3 nitrogen and oxygen atoms in total. The molecule has 0 saturated carbocycles. The predicted octanol–water partition coefficient (Wildman–Crippen LogP) is 2.82. The van der Waals surface area contributed by atoms with Crippen molar-refractivity contribution in [3.05, 3.63) is 34.1 Å². The van der Waals surface area contributed by atoms with Gasteiger partial charge in [0.1, 0.15) is 5.82 Å². The third kappa shape index (κ3) is 3.46. The van der Waals surface area contributed by atoms with Crippen LogP contribution >= 0.6 is 28.3 Å². The highest BCUT2D eigenvalue weighted by Crippen LogP contribution is 2.26. The molecule has 1 saturated heterocycles. The summed E-state index contributed by atoms with van der Waals surface area (Å²) in [4.78, 5) is 14.0. The van der Waals surface area contributed by atoms with Crippen molar-refractivity contribution < 1.29 is 9.18 Å². The number of carbonyl (C=O) groups excluding carboxylic acids is 1. The van der Waals surface area contributed by atoms with E-state index in [-0.39, 0.29) is 29.9 Å². The highest BCUT2D eigenvalue weighted by molar-refractivity contribution is 9.10. The Morgan fingerprint density at radius 2 is 2.26 bits per heavy atom. The second-order valence-corrected chi connectivity index (χ2v) is 5.68. The van der Waals surface area contributed by atoms with Crippen molar-refractivity contribution in [3.63, 3.8) is 0 Å². The van der Waals surface area contributed by atoms with Crippen molar-refractivity contribution in [1.29, 1.82) is 0 Å². The van der Waals surface area contributed by atoms with Crippen LogP contribution in [-0.2, 0) is 0 Å². The summed E-state index contributed by atoms with van der Waals surface area (Å²) < 4.78 is 14.4. The van der Waals surface area contributed by atoms with E-state index in [2.05, 4.69) is 15.9 Å². The quantitative estimate of drug-likeness (QED) is 0.890. The standard InChI is InChI=1S/C13H16BrFN2O.ClH/c1-8-4-9(6-16)7-17(8)13(18)11-5-10(14)2-3-12(11)15;/h2-3,5,8-9H,4,6-7,16H2,1H3;1H. The number of carbonyl (C=O) groups is 1. The summed E-state index contributed by atoms with van der Waals surface area (Å²) >= 11 is 3.26. The maximum absolute atomic E-state index is 13.7. The lowest BCUT2D eigenvalue weighted by molar-refractivity contribution is 0.0738. The Hall–Kier alpha value is -0.650. The molecule has 0 bridgehead atoms. The average Bonchev–Trinajstić information content (AvgIpc) is 2.73. The molecule has 1 fully saturated rings. The molecule has 1 amide bonds. The van der Waals surface area contributed by atoms with Gasteiger partial charge in [-0.25, -0.2) is 4.39 Å². The molecule has 2 N–H and O–H groups in total. The predicted molar refractivity (Wildman–Crippen MR) is 79.0 cm³/mol. The van der Waals surface area contributed by atoms with Crippen molar-refractivity contribution in [1.82, 2.24) is 4.90 Å². The molecular formula is C13H17BrClFN2O. The first-order valence-corrected chi connectivity index (χ1v) is 6.78. The lowest BCUT2D eigenvalue weighted by Gasteiger charge is -2.21. The Kier molecular flexibility index (Phi) is 5.77. The minimum absolute atomic E-state index is 0. The van der Waals surface area contributed by atoms with Gasteiger partial charge in [-0.15, -0.1) is 12.4 Å². The van der Waals surface area contributed by atoms with Gasteiger partial charge in [-0.1, -0.05) is 15.9 Å². The fourth-order valence-corrected chi connectivity index (χ4v) is 2.77. The number of benzene rings is 1. The number of rotatable bonds is 2. The van der Waals surface area contributed by atoms with E-state index in [0.717, 1.165) is 6.42 Å². The zero-order valence-electron chi connectivity index (χ0n) is 10.6. The van der Waals surface area contributed by atoms with E-state index in [1.807, 2.05) is 6.92 Å². The Bertz CT molecular complexity index is 472. The molecule has 2 unspecified atom stereocenters. The van der Waals surface area contributed by atoms with Crippen molar-refractivity contribution in [2.45, 2.75) is 19.4 Å². The van der Waals surface area contributed by atoms with E-state index in [1.165, 1.54) is 12.1 Å². The van der Waals surface area contributed by atoms with Crippen molar-refractivity contribution in [2.75, 3.05) is 13.1 Å². The van der Waals surface area contributed by atoms with Crippen molar-refractivity contribution in [3.8, 4) is 0 Å². The van der Waals surface area contributed by atoms with E-state index in [9.17, 15) is 9.18 Å². The molecule has 1 aromatic rings. The largest absolute Gasteiger partial charge is 0.336 e. The molecule has 1 heterocycles. The normalized spacial score (nSPS) is 22.2. The fourth-order valence-electron chi connectivity index (χ4n) is 2.41. The summed E-state index contributed by atoms with van der Waals surface area (Å²) in [6.07, 6.45) is 0.887. The van der Waals surface area contributed by atoms with Crippen LogP contribution < -0.4 is 5.73 Å². The molecule has 2 rings (SSSR count). The number of nitrogens with two attached hydrogens (primary N) is 1. The highest BCUT2D eigenvalue weighted by Gasteiger charge is 2.33. The monoisotopic (exact) mass is 350 g/mol. The molecule has 1 aromatic carbocycles. The first kappa shape index (κ1) is 16.4. The third-order valence-corrected chi connectivity index (χ3v) is 3.91. The number of hydrogen-bond acceptors (Lipinski definition) is 2. The molecule has 1 aliphatic rings. The summed E-state index contributed by atoms with van der Waals surface area (Å²) in [5.41, 5.74) is 5.75. The van der Waals surface area contributed by atoms with Crippen LogP contribution in [0.4, 0.5) is 4.39 Å². The smallest absolute Gasteiger partial charge is 0.257 e. The number of likely N-dealkylation sites (tertiary alicyclic amines) is 1. The van der Waals surface area contributed by atoms with Gasteiger partial charge < -0.3 is 10.6 Å². The third-order valence-electron chi connectivity index (χ3n) is 3.41. The van der Waals surface area contributed by atoms with Gasteiger partial charge in [0.15, 0.2) is 0 Å². The summed E-state index contributed by atoms with van der Waals surface area (Å²) in [5, 5.41) is 0. The molecule has 0 aliphatic carbocycles. The summed E-state index contributed by atoms with van der Waals surface area (Å²) in [5.74, 6) is -0.414. The van der Waals surface area contributed by atoms with Gasteiger partial charge >= 0.3 is 0 Å². The minimum atomic E-state index is -0.480. The fraction of sp³-hybridized carbons (Fsp3) is 0.462. The van der Waals surface area contributed by atoms with Crippen LogP contribution in [0.2, 0.25) is 0 Å². The SMILES string of the molecule is CC1CC(CN)CN1C(=O)c1cc(Br)ccc1F.Cl. The minimum Gasteiger partial charge on any atom is -0.336 e. The second kappa shape index (κ2) is 6.68. The molecule has 2 atom stereocenters. The van der Waals surface area contributed by atoms with Gasteiger partial charge in [-0.3, -0.25) is 4.79 Å². The maximum atomic E-state index is 13.7. The highest BCUT2D eigenvalue weighted by atomic mass is 79.9. The van der Waals surface area contributed by atoms with Gasteiger partial charge in [0.05, 0.1) is 5.56 Å². The molecule has 0 spiro atoms. The van der Waals surface area contributed by atoms with Gasteiger partial charge in [0, 0.05) is 17.1 Å². The van der Waals surface area contributed by atoms with E-state index in [1.54, 1.807) is 11.0 Å². The van der Waals surface area contributed by atoms with Crippen LogP contribution in [0.5, 0.6) is 0 Å². The van der Waals surface area contributed by atoms with E-state index in [0.29, 0.717) is 23.5 Å². The second-order valence-electron chi connectivity index (χ2n) is 4.77. The van der Waals surface area contributed by atoms with Crippen molar-refractivity contribution >= 4 is 34.2 Å². The van der Waals surface area contributed by atoms with Crippen LogP contribution in [0, 0.1) is 11.7 Å². The Morgan fingerprint density at radius 1 is 1.58 bits per heavy atom. The molecule has 106 valence electrons. The Balaban J connectivity index is 0.00000180. The average molecular weight is 352 g/mol. The van der Waals surface area contributed by atoms with Gasteiger partial charge in [0.2, 0.25) is 0 Å². The van der Waals surface area contributed by atoms with Crippen LogP contribution in [-0.4, -0.2) is 29.9 Å². The summed E-state index contributed by atoms with van der Waals surface area (Å²) in [7, 11) is 0. The molecule has 0 radical (unpaired) electrons. The summed E-state index contributed by atoms with van der Waals surface area (Å²) in [6, 6.07) is 4.53. The Morgan fingerprint density at radius 3 is 2.84 bits per heavy atom. The maximum Gasteiger partial charge on any atom is 0.257 e. The van der Waals surface area contributed by atoms with Gasteiger partial charge in [-0.2, -0.15) is 0 Å². The van der Waals surface area contributed by atoms with Crippen LogP contribution in [0.1, 0.15) is 23.7 Å². The first-order valence-electron chi connectivity index (χ1n) is 5.99. The van der Waals surface area contributed by atoms with Crippen molar-refractivity contribution in [2.24, 2.45) is 11.7 Å². The molecule has 19 heavy (non-hydrogen) atoms. The molecule has 1 aliphatic heterocycles. The molecule has 6 heteroatoms. The topological polar surface area (TPSA) is 46.3 Å². The van der Waals surface area contributed by atoms with Crippen LogP contribution in [0.25, 0.3) is 0 Å². The number of amides is 1. The van der Waals surface area contributed by atoms with Gasteiger partial charge in [0.25, 0.3) is 5.91 Å². The van der Waals surface area contributed by atoms with E-state index < -0.39 is 5.82 Å². The zero-order valence-corrected chi connectivity index (χ0v) is 13.0. The van der Waals surface area contributed by atoms with Gasteiger partial charge in [-0.05, 0) is 44.0 Å². The van der Waals surface area contributed by atoms with E-state index >= 15 is 0 Å². The number of halogens is 3. The zero-order chi connectivity index (χ0) is 13.3.